The number of aliphatic imine (C=N–C) groups is 2. The van der Waals surface area contributed by atoms with E-state index in [0.717, 1.165) is 31.8 Å². The van der Waals surface area contributed by atoms with Crippen molar-refractivity contribution in [2.75, 3.05) is 26.4 Å². The second-order valence-electron chi connectivity index (χ2n) is 7.01. The SMILES string of the molecule is C=CC(=O)O.CC(CCCCC(C)(C)N=C=O)N=C=O.OCC(CO)(CO)CO. The predicted octanol–water partition coefficient (Wildman–Crippen LogP) is 0.585. The van der Waals surface area contributed by atoms with E-state index in [-0.39, 0.29) is 11.6 Å². The van der Waals surface area contributed by atoms with Gasteiger partial charge in [0.1, 0.15) is 0 Å². The molecule has 29 heavy (non-hydrogen) atoms. The standard InChI is InChI=1S/C11H18N2O2.C5H12O4.C3H4O2/c1-10(12-8-14)6-4-5-7-11(2,3)13-9-15;6-1-5(2-7,3-8)4-9;1-2-3(4)5/h10H,4-7H2,1-3H3;6-9H,1-4H2;2H,1H2,(H,4,5). The smallest absolute Gasteiger partial charge is 0.327 e. The lowest BCUT2D eigenvalue weighted by Gasteiger charge is -2.23. The zero-order valence-electron chi connectivity index (χ0n) is 17.4. The van der Waals surface area contributed by atoms with Gasteiger partial charge in [0.2, 0.25) is 12.2 Å². The van der Waals surface area contributed by atoms with Crippen LogP contribution in [-0.4, -0.2) is 81.7 Å². The van der Waals surface area contributed by atoms with Crippen LogP contribution in [0, 0.1) is 5.41 Å². The van der Waals surface area contributed by atoms with Crippen LogP contribution < -0.4 is 0 Å². The van der Waals surface area contributed by atoms with Gasteiger partial charge >= 0.3 is 5.97 Å². The lowest BCUT2D eigenvalue weighted by atomic mass is 9.93. The summed E-state index contributed by atoms with van der Waals surface area (Å²) in [4.78, 5) is 36.6. The third kappa shape index (κ3) is 20.4. The van der Waals surface area contributed by atoms with E-state index in [1.165, 1.54) is 0 Å². The van der Waals surface area contributed by atoms with Gasteiger partial charge in [-0.25, -0.2) is 19.4 Å². The van der Waals surface area contributed by atoms with Gasteiger partial charge in [0.15, 0.2) is 0 Å². The molecule has 0 aliphatic rings. The Morgan fingerprint density at radius 1 is 1.03 bits per heavy atom. The number of hydrogen-bond donors (Lipinski definition) is 5. The van der Waals surface area contributed by atoms with Gasteiger partial charge in [0.25, 0.3) is 0 Å². The third-order valence-electron chi connectivity index (χ3n) is 3.80. The number of carbonyl (C=O) groups excluding carboxylic acids is 2. The number of aliphatic carboxylic acids is 1. The minimum atomic E-state index is -1.11. The number of carbonyl (C=O) groups is 1. The van der Waals surface area contributed by atoms with Gasteiger partial charge < -0.3 is 25.5 Å². The van der Waals surface area contributed by atoms with Gasteiger partial charge in [0, 0.05) is 6.08 Å². The molecule has 0 bridgehead atoms. The molecule has 0 amide bonds. The summed E-state index contributed by atoms with van der Waals surface area (Å²) in [5, 5.41) is 41.6. The summed E-state index contributed by atoms with van der Waals surface area (Å²) in [7, 11) is 0. The van der Waals surface area contributed by atoms with Crippen LogP contribution in [0.3, 0.4) is 0 Å². The van der Waals surface area contributed by atoms with Crippen LogP contribution in [0.25, 0.3) is 0 Å². The molecule has 0 aromatic heterocycles. The fourth-order valence-electron chi connectivity index (χ4n) is 1.63. The fraction of sp³-hybridized carbons (Fsp3) is 0.737. The number of carboxylic acid groups (broad SMARTS) is 1. The fourth-order valence-corrected chi connectivity index (χ4v) is 1.63. The summed E-state index contributed by atoms with van der Waals surface area (Å²) >= 11 is 0. The van der Waals surface area contributed by atoms with E-state index in [4.69, 9.17) is 25.5 Å². The maximum atomic E-state index is 10.1. The minimum Gasteiger partial charge on any atom is -0.478 e. The molecule has 10 nitrogen and oxygen atoms in total. The summed E-state index contributed by atoms with van der Waals surface area (Å²) in [6.07, 6.45) is 7.63. The van der Waals surface area contributed by atoms with Gasteiger partial charge in [-0.2, -0.15) is 4.99 Å². The summed E-state index contributed by atoms with van der Waals surface area (Å²) in [5.74, 6) is -0.981. The number of aliphatic hydroxyl groups is 4. The lowest BCUT2D eigenvalue weighted by molar-refractivity contribution is -0.131. The molecule has 0 rings (SSSR count). The van der Waals surface area contributed by atoms with Crippen LogP contribution in [0.2, 0.25) is 0 Å². The molecule has 1 unspecified atom stereocenters. The Morgan fingerprint density at radius 3 is 1.76 bits per heavy atom. The molecule has 0 fully saturated rings. The molecule has 0 aromatic carbocycles. The average molecular weight is 418 g/mol. The van der Waals surface area contributed by atoms with E-state index in [9.17, 15) is 14.4 Å². The number of hydrogen-bond acceptors (Lipinski definition) is 9. The molecule has 0 aliphatic carbocycles. The number of aliphatic hydroxyl groups excluding tert-OH is 4. The molecule has 5 N–H and O–H groups in total. The maximum absolute atomic E-state index is 10.1. The van der Waals surface area contributed by atoms with Gasteiger partial charge in [-0.15, -0.1) is 0 Å². The Hall–Kier alpha value is -2.19. The Morgan fingerprint density at radius 2 is 1.48 bits per heavy atom. The van der Waals surface area contributed by atoms with Crippen LogP contribution in [0.15, 0.2) is 22.6 Å². The van der Waals surface area contributed by atoms with E-state index >= 15 is 0 Å². The first-order chi connectivity index (χ1) is 13.5. The molecule has 0 heterocycles. The summed E-state index contributed by atoms with van der Waals surface area (Å²) < 4.78 is 0. The van der Waals surface area contributed by atoms with Crippen LogP contribution in [0.4, 0.5) is 0 Å². The molecule has 0 saturated carbocycles. The Balaban J connectivity index is -0.000000407. The van der Waals surface area contributed by atoms with Crippen molar-refractivity contribution in [2.45, 2.75) is 58.0 Å². The van der Waals surface area contributed by atoms with Crippen molar-refractivity contribution in [2.24, 2.45) is 15.4 Å². The minimum absolute atomic E-state index is 0.0418. The van der Waals surface area contributed by atoms with E-state index in [1.807, 2.05) is 20.8 Å². The first kappa shape index (κ1) is 31.5. The number of nitrogens with zero attached hydrogens (tertiary/aromatic N) is 2. The van der Waals surface area contributed by atoms with Crippen molar-refractivity contribution in [1.29, 1.82) is 0 Å². The van der Waals surface area contributed by atoms with Crippen molar-refractivity contribution in [3.05, 3.63) is 12.7 Å². The second kappa shape index (κ2) is 19.1. The highest BCUT2D eigenvalue weighted by Gasteiger charge is 2.26. The zero-order chi connectivity index (χ0) is 23.3. The van der Waals surface area contributed by atoms with Crippen molar-refractivity contribution in [1.82, 2.24) is 0 Å². The maximum Gasteiger partial charge on any atom is 0.327 e. The number of unbranched alkanes of at least 4 members (excludes halogenated alkanes) is 1. The van der Waals surface area contributed by atoms with Gasteiger partial charge in [-0.3, -0.25) is 0 Å². The first-order valence-electron chi connectivity index (χ1n) is 8.98. The molecule has 10 heteroatoms. The van der Waals surface area contributed by atoms with Crippen molar-refractivity contribution in [3.63, 3.8) is 0 Å². The molecule has 0 spiro atoms. The highest BCUT2D eigenvalue weighted by Crippen LogP contribution is 2.18. The molecule has 0 aliphatic heterocycles. The van der Waals surface area contributed by atoms with E-state index < -0.39 is 37.8 Å². The van der Waals surface area contributed by atoms with E-state index in [2.05, 4.69) is 16.6 Å². The largest absolute Gasteiger partial charge is 0.478 e. The second-order valence-corrected chi connectivity index (χ2v) is 7.01. The number of isocyanates is 2. The summed E-state index contributed by atoms with van der Waals surface area (Å²) in [6.45, 7) is 7.04. The van der Waals surface area contributed by atoms with Gasteiger partial charge in [0.05, 0.1) is 43.4 Å². The molecule has 0 radical (unpaired) electrons. The molecule has 0 saturated heterocycles. The molecular formula is C19H34N2O8. The van der Waals surface area contributed by atoms with Crippen LogP contribution in [0.1, 0.15) is 46.5 Å². The first-order valence-corrected chi connectivity index (χ1v) is 8.98. The highest BCUT2D eigenvalue weighted by atomic mass is 16.4. The highest BCUT2D eigenvalue weighted by molar-refractivity contribution is 5.78. The number of rotatable bonds is 12. The lowest BCUT2D eigenvalue weighted by Crippen LogP contribution is -2.37. The topological polar surface area (TPSA) is 177 Å². The summed E-state index contributed by atoms with van der Waals surface area (Å²) in [6, 6.07) is 0.0418. The van der Waals surface area contributed by atoms with Gasteiger partial charge in [-0.05, 0) is 33.6 Å². The number of carboxylic acids is 1. The molecule has 1 atom stereocenters. The van der Waals surface area contributed by atoms with Crippen LogP contribution in [-0.2, 0) is 14.4 Å². The average Bonchev–Trinajstić information content (AvgIpc) is 2.69. The van der Waals surface area contributed by atoms with E-state index in [0.29, 0.717) is 0 Å². The summed E-state index contributed by atoms with van der Waals surface area (Å²) in [5.41, 5.74) is -1.43. The van der Waals surface area contributed by atoms with Crippen LogP contribution in [0.5, 0.6) is 0 Å². The Labute approximate surface area is 171 Å². The van der Waals surface area contributed by atoms with Crippen molar-refractivity contribution < 1.29 is 39.9 Å². The molecular weight excluding hydrogens is 384 g/mol. The Kier molecular flexibility index (Phi) is 20.8. The monoisotopic (exact) mass is 418 g/mol. The Bertz CT molecular complexity index is 517. The van der Waals surface area contributed by atoms with Crippen LogP contribution >= 0.6 is 0 Å². The van der Waals surface area contributed by atoms with Crippen molar-refractivity contribution >= 4 is 18.1 Å². The normalized spacial score (nSPS) is 11.3. The zero-order valence-corrected chi connectivity index (χ0v) is 17.4. The van der Waals surface area contributed by atoms with Gasteiger partial charge in [-0.1, -0.05) is 19.4 Å². The molecule has 168 valence electrons. The predicted molar refractivity (Wildman–Crippen MR) is 107 cm³/mol. The van der Waals surface area contributed by atoms with E-state index in [1.54, 1.807) is 12.2 Å². The third-order valence-corrected chi connectivity index (χ3v) is 3.80. The quantitative estimate of drug-likeness (QED) is 0.132. The van der Waals surface area contributed by atoms with Crippen molar-refractivity contribution in [3.8, 4) is 0 Å². The molecule has 0 aromatic rings.